The summed E-state index contributed by atoms with van der Waals surface area (Å²) in [7, 11) is 0. The summed E-state index contributed by atoms with van der Waals surface area (Å²) in [6.07, 6.45) is 4.56. The van der Waals surface area contributed by atoms with Crippen molar-refractivity contribution in [2.24, 2.45) is 0 Å². The number of anilines is 1. The summed E-state index contributed by atoms with van der Waals surface area (Å²) in [5.74, 6) is 0.223. The first kappa shape index (κ1) is 16.5. The van der Waals surface area contributed by atoms with Crippen LogP contribution in [0.5, 0.6) is 0 Å². The number of rotatable bonds is 4. The summed E-state index contributed by atoms with van der Waals surface area (Å²) in [5.41, 5.74) is 3.15. The Kier molecular flexibility index (Phi) is 4.37. The molecule has 2 aromatic carbocycles. The zero-order valence-electron chi connectivity index (χ0n) is 14.3. The largest absolute Gasteiger partial charge is 0.346 e. The fourth-order valence-corrected chi connectivity index (χ4v) is 2.72. The van der Waals surface area contributed by atoms with Crippen molar-refractivity contribution in [2.75, 3.05) is 5.32 Å². The van der Waals surface area contributed by atoms with Crippen molar-refractivity contribution < 1.29 is 4.79 Å². The van der Waals surface area contributed by atoms with E-state index in [4.69, 9.17) is 0 Å². The molecular weight excluding hydrogens is 340 g/mol. The van der Waals surface area contributed by atoms with E-state index in [9.17, 15) is 9.59 Å². The number of nitrogens with one attached hydrogen (secondary N) is 2. The van der Waals surface area contributed by atoms with Crippen LogP contribution in [0.3, 0.4) is 0 Å². The van der Waals surface area contributed by atoms with E-state index in [1.54, 1.807) is 6.20 Å². The lowest BCUT2D eigenvalue weighted by Gasteiger charge is -2.06. The Hall–Kier alpha value is -3.93. The van der Waals surface area contributed by atoms with E-state index >= 15 is 0 Å². The van der Waals surface area contributed by atoms with Crippen molar-refractivity contribution in [3.63, 3.8) is 0 Å². The van der Waals surface area contributed by atoms with Gasteiger partial charge in [0.1, 0.15) is 5.82 Å². The second-order valence-corrected chi connectivity index (χ2v) is 5.98. The molecular formula is C21H16N4O2. The second-order valence-electron chi connectivity index (χ2n) is 5.98. The number of nitrogens with zero attached hydrogens (tertiary/aromatic N) is 2. The smallest absolute Gasteiger partial charge is 0.258 e. The number of aromatic nitrogens is 3. The van der Waals surface area contributed by atoms with Crippen LogP contribution in [0.1, 0.15) is 10.4 Å². The van der Waals surface area contributed by atoms with Crippen LogP contribution in [0.4, 0.5) is 5.69 Å². The lowest BCUT2D eigenvalue weighted by Crippen LogP contribution is -2.11. The van der Waals surface area contributed by atoms with Gasteiger partial charge in [-0.25, -0.2) is 4.68 Å². The van der Waals surface area contributed by atoms with Crippen LogP contribution in [0.25, 0.3) is 16.9 Å². The molecule has 0 radical (unpaired) electrons. The minimum atomic E-state index is -0.271. The van der Waals surface area contributed by atoms with E-state index in [0.29, 0.717) is 17.1 Å². The van der Waals surface area contributed by atoms with Gasteiger partial charge in [0.2, 0.25) is 0 Å². The number of carbonyl (C=O) groups excluding carboxylic acids is 1. The highest BCUT2D eigenvalue weighted by Crippen LogP contribution is 2.21. The standard InChI is InChI=1S/C21H16N4O2/c26-19-10-11-22-20(12-19)25-14-17(13-23-25)21(27)24-18-8-6-16(7-9-18)15-4-2-1-3-5-15/h1-14H,(H,22,26)(H,24,27). The van der Waals surface area contributed by atoms with Crippen molar-refractivity contribution in [2.45, 2.75) is 0 Å². The number of hydrogen-bond donors (Lipinski definition) is 2. The minimum Gasteiger partial charge on any atom is -0.346 e. The van der Waals surface area contributed by atoms with E-state index in [1.165, 1.54) is 29.2 Å². The average Bonchev–Trinajstić information content (AvgIpc) is 3.20. The Labute approximate surface area is 155 Å². The van der Waals surface area contributed by atoms with E-state index in [1.807, 2.05) is 54.6 Å². The van der Waals surface area contributed by atoms with Crippen molar-refractivity contribution >= 4 is 11.6 Å². The molecule has 0 aliphatic heterocycles. The van der Waals surface area contributed by atoms with E-state index in [0.717, 1.165) is 11.1 Å². The molecule has 0 spiro atoms. The fourth-order valence-electron chi connectivity index (χ4n) is 2.72. The highest BCUT2D eigenvalue weighted by molar-refractivity contribution is 6.04. The fraction of sp³-hybridized carbons (Fsp3) is 0. The van der Waals surface area contributed by atoms with Crippen molar-refractivity contribution in [3.8, 4) is 16.9 Å². The molecule has 0 unspecified atom stereocenters. The molecule has 4 rings (SSSR count). The van der Waals surface area contributed by atoms with Gasteiger partial charge in [-0.3, -0.25) is 9.59 Å². The molecule has 132 valence electrons. The Morgan fingerprint density at radius 2 is 1.70 bits per heavy atom. The van der Waals surface area contributed by atoms with Gasteiger partial charge >= 0.3 is 0 Å². The maximum Gasteiger partial charge on any atom is 0.258 e. The number of benzene rings is 2. The summed E-state index contributed by atoms with van der Waals surface area (Å²) in [6.45, 7) is 0. The van der Waals surface area contributed by atoms with Gasteiger partial charge in [-0.1, -0.05) is 42.5 Å². The summed E-state index contributed by atoms with van der Waals surface area (Å²) in [5, 5.41) is 6.98. The van der Waals surface area contributed by atoms with Gasteiger partial charge in [-0.2, -0.15) is 5.10 Å². The predicted octanol–water partition coefficient (Wildman–Crippen LogP) is 3.48. The quantitative estimate of drug-likeness (QED) is 0.587. The highest BCUT2D eigenvalue weighted by Gasteiger charge is 2.10. The summed E-state index contributed by atoms with van der Waals surface area (Å²) in [4.78, 5) is 26.8. The topological polar surface area (TPSA) is 79.8 Å². The third-order valence-electron chi connectivity index (χ3n) is 4.10. The molecule has 1 amide bonds. The molecule has 0 saturated carbocycles. The van der Waals surface area contributed by atoms with Crippen molar-refractivity contribution in [1.82, 2.24) is 14.8 Å². The molecule has 6 heteroatoms. The molecule has 0 aliphatic carbocycles. The normalized spacial score (nSPS) is 10.5. The summed E-state index contributed by atoms with van der Waals surface area (Å²) in [6, 6.07) is 20.5. The van der Waals surface area contributed by atoms with Crippen LogP contribution in [0.15, 0.2) is 90.1 Å². The van der Waals surface area contributed by atoms with E-state index < -0.39 is 0 Å². The van der Waals surface area contributed by atoms with Gasteiger partial charge in [0.15, 0.2) is 5.43 Å². The molecule has 2 N–H and O–H groups in total. The van der Waals surface area contributed by atoms with Crippen LogP contribution in [0.2, 0.25) is 0 Å². The number of pyridine rings is 1. The van der Waals surface area contributed by atoms with Crippen LogP contribution >= 0.6 is 0 Å². The lowest BCUT2D eigenvalue weighted by molar-refractivity contribution is 0.102. The number of H-pyrrole nitrogens is 1. The predicted molar refractivity (Wildman–Crippen MR) is 104 cm³/mol. The van der Waals surface area contributed by atoms with Crippen LogP contribution in [-0.4, -0.2) is 20.7 Å². The lowest BCUT2D eigenvalue weighted by atomic mass is 10.1. The van der Waals surface area contributed by atoms with Gasteiger partial charge < -0.3 is 10.3 Å². The molecule has 27 heavy (non-hydrogen) atoms. The number of carbonyl (C=O) groups is 1. The van der Waals surface area contributed by atoms with Crippen LogP contribution in [0, 0.1) is 0 Å². The first-order valence-electron chi connectivity index (χ1n) is 8.40. The van der Waals surface area contributed by atoms with Gasteiger partial charge in [0.25, 0.3) is 5.91 Å². The monoisotopic (exact) mass is 356 g/mol. The zero-order chi connectivity index (χ0) is 18.6. The third-order valence-corrected chi connectivity index (χ3v) is 4.10. The Balaban J connectivity index is 1.49. The van der Waals surface area contributed by atoms with Gasteiger partial charge in [0.05, 0.1) is 11.8 Å². The zero-order valence-corrected chi connectivity index (χ0v) is 14.3. The van der Waals surface area contributed by atoms with Crippen molar-refractivity contribution in [3.05, 3.63) is 101 Å². The Morgan fingerprint density at radius 1 is 0.963 bits per heavy atom. The first-order valence-corrected chi connectivity index (χ1v) is 8.40. The van der Waals surface area contributed by atoms with Gasteiger partial charge in [0, 0.05) is 30.2 Å². The van der Waals surface area contributed by atoms with E-state index in [2.05, 4.69) is 15.4 Å². The number of aromatic amines is 1. The number of amides is 1. The minimum absolute atomic E-state index is 0.135. The maximum absolute atomic E-state index is 12.4. The molecule has 2 heterocycles. The molecule has 0 saturated heterocycles. The maximum atomic E-state index is 12.4. The number of hydrogen-bond acceptors (Lipinski definition) is 3. The second kappa shape index (κ2) is 7.13. The van der Waals surface area contributed by atoms with Gasteiger partial charge in [-0.15, -0.1) is 0 Å². The average molecular weight is 356 g/mol. The third kappa shape index (κ3) is 3.69. The molecule has 0 bridgehead atoms. The SMILES string of the molecule is O=C(Nc1ccc(-c2ccccc2)cc1)c1cnn(-c2cc(=O)cc[nH]2)c1. The van der Waals surface area contributed by atoms with Crippen molar-refractivity contribution in [1.29, 1.82) is 0 Å². The van der Waals surface area contributed by atoms with Crippen LogP contribution in [-0.2, 0) is 0 Å². The molecule has 0 atom stereocenters. The first-order chi connectivity index (χ1) is 13.2. The molecule has 0 fully saturated rings. The highest BCUT2D eigenvalue weighted by atomic mass is 16.1. The molecule has 6 nitrogen and oxygen atoms in total. The molecule has 4 aromatic rings. The van der Waals surface area contributed by atoms with E-state index in [-0.39, 0.29) is 11.3 Å². The summed E-state index contributed by atoms with van der Waals surface area (Å²) >= 11 is 0. The Bertz CT molecular complexity index is 1130. The van der Waals surface area contributed by atoms with Gasteiger partial charge in [-0.05, 0) is 23.3 Å². The molecule has 0 aliphatic rings. The Morgan fingerprint density at radius 3 is 2.44 bits per heavy atom. The van der Waals surface area contributed by atoms with Crippen LogP contribution < -0.4 is 10.7 Å². The summed E-state index contributed by atoms with van der Waals surface area (Å²) < 4.78 is 1.45. The molecule has 2 aromatic heterocycles.